The molecular weight excluding hydrogens is 320 g/mol. The lowest BCUT2D eigenvalue weighted by molar-refractivity contribution is -0.134. The molecule has 1 aromatic rings. The van der Waals surface area contributed by atoms with Gasteiger partial charge in [-0.05, 0) is 12.8 Å². The number of hydrogen-bond donors (Lipinski definition) is 2. The third-order valence-electron chi connectivity index (χ3n) is 5.00. The monoisotopic (exact) mass is 348 g/mol. The summed E-state index contributed by atoms with van der Waals surface area (Å²) in [5.74, 6) is 1.24. The fourth-order valence-electron chi connectivity index (χ4n) is 3.55. The molecule has 0 aromatic carbocycles. The number of aromatic nitrogens is 2. The van der Waals surface area contributed by atoms with Gasteiger partial charge in [-0.3, -0.25) is 9.69 Å². The van der Waals surface area contributed by atoms with Gasteiger partial charge in [0.25, 0.3) is 0 Å². The van der Waals surface area contributed by atoms with Gasteiger partial charge in [0.15, 0.2) is 0 Å². The Balaban J connectivity index is 1.58. The van der Waals surface area contributed by atoms with Crippen LogP contribution in [0.25, 0.3) is 0 Å². The number of ether oxygens (including phenoxy) is 1. The maximum absolute atomic E-state index is 11.9. The molecule has 0 radical (unpaired) electrons. The van der Waals surface area contributed by atoms with E-state index in [4.69, 9.17) is 10.5 Å². The van der Waals surface area contributed by atoms with Gasteiger partial charge >= 0.3 is 0 Å². The summed E-state index contributed by atoms with van der Waals surface area (Å²) in [4.78, 5) is 24.4. The zero-order valence-electron chi connectivity index (χ0n) is 15.2. The normalized spacial score (nSPS) is 26.3. The third-order valence-corrected chi connectivity index (χ3v) is 5.00. The first-order valence-corrected chi connectivity index (χ1v) is 8.90. The molecule has 2 aliphatic rings. The van der Waals surface area contributed by atoms with Gasteiger partial charge in [0.1, 0.15) is 5.82 Å². The molecule has 8 heteroatoms. The number of morpholine rings is 1. The van der Waals surface area contributed by atoms with Crippen LogP contribution in [-0.2, 0) is 16.0 Å². The molecule has 3 rings (SSSR count). The summed E-state index contributed by atoms with van der Waals surface area (Å²) in [5, 5.41) is 3.53. The lowest BCUT2D eigenvalue weighted by atomic mass is 10.1. The van der Waals surface area contributed by atoms with E-state index in [2.05, 4.69) is 27.1 Å². The van der Waals surface area contributed by atoms with Gasteiger partial charge in [0.2, 0.25) is 11.9 Å². The lowest BCUT2D eigenvalue weighted by Crippen LogP contribution is -2.47. The molecule has 2 fully saturated rings. The zero-order chi connectivity index (χ0) is 18.0. The number of amides is 1. The van der Waals surface area contributed by atoms with Crippen molar-refractivity contribution in [2.24, 2.45) is 0 Å². The van der Waals surface area contributed by atoms with Crippen LogP contribution in [0.5, 0.6) is 0 Å². The van der Waals surface area contributed by atoms with Crippen molar-refractivity contribution in [3.05, 3.63) is 11.8 Å². The van der Waals surface area contributed by atoms with E-state index in [1.54, 1.807) is 25.2 Å². The molecular formula is C17H28N6O2. The highest BCUT2D eigenvalue weighted by Crippen LogP contribution is 2.27. The number of anilines is 2. The fraction of sp³-hybridized carbons (Fsp3) is 0.706. The number of aryl methyl sites for hydroxylation is 1. The molecule has 1 aromatic heterocycles. The molecule has 3 N–H and O–H groups in total. The van der Waals surface area contributed by atoms with Crippen LogP contribution in [0.1, 0.15) is 25.3 Å². The van der Waals surface area contributed by atoms with Gasteiger partial charge in [-0.2, -0.15) is 4.98 Å². The van der Waals surface area contributed by atoms with Crippen LogP contribution >= 0.6 is 0 Å². The Morgan fingerprint density at radius 2 is 2.28 bits per heavy atom. The van der Waals surface area contributed by atoms with Crippen LogP contribution in [0.15, 0.2) is 6.20 Å². The first kappa shape index (κ1) is 17.9. The summed E-state index contributed by atoms with van der Waals surface area (Å²) in [6, 6.07) is 0.698. The molecule has 0 bridgehead atoms. The molecule has 2 saturated heterocycles. The molecule has 0 aliphatic carbocycles. The number of carbonyl (C=O) groups excluding carboxylic acids is 1. The van der Waals surface area contributed by atoms with Crippen LogP contribution in [0.4, 0.5) is 11.8 Å². The molecule has 138 valence electrons. The maximum atomic E-state index is 11.9. The van der Waals surface area contributed by atoms with E-state index < -0.39 is 0 Å². The van der Waals surface area contributed by atoms with Gasteiger partial charge in [-0.15, -0.1) is 0 Å². The fourth-order valence-corrected chi connectivity index (χ4v) is 3.55. The Bertz CT molecular complexity index is 623. The largest absolute Gasteiger partial charge is 0.375 e. The smallest absolute Gasteiger partial charge is 0.224 e. The molecule has 0 unspecified atom stereocenters. The highest BCUT2D eigenvalue weighted by atomic mass is 16.5. The predicted octanol–water partition coefficient (Wildman–Crippen LogP) is 0.353. The molecule has 8 nitrogen and oxygen atoms in total. The minimum Gasteiger partial charge on any atom is -0.375 e. The number of nitrogens with zero attached hydrogens (tertiary/aromatic N) is 4. The average molecular weight is 348 g/mol. The van der Waals surface area contributed by atoms with E-state index in [-0.39, 0.29) is 12.0 Å². The van der Waals surface area contributed by atoms with Crippen molar-refractivity contribution in [2.75, 3.05) is 44.8 Å². The number of nitrogen functional groups attached to an aromatic ring is 1. The summed E-state index contributed by atoms with van der Waals surface area (Å²) in [5.41, 5.74) is 6.81. The summed E-state index contributed by atoms with van der Waals surface area (Å²) >= 11 is 0. The highest BCUT2D eigenvalue weighted by molar-refractivity contribution is 5.76. The summed E-state index contributed by atoms with van der Waals surface area (Å²) < 4.78 is 5.91. The Hall–Kier alpha value is -1.93. The molecule has 0 spiro atoms. The first-order chi connectivity index (χ1) is 12.0. The van der Waals surface area contributed by atoms with Crippen molar-refractivity contribution in [1.29, 1.82) is 0 Å². The second-order valence-corrected chi connectivity index (χ2v) is 7.09. The molecule has 0 saturated carbocycles. The Morgan fingerprint density at radius 3 is 3.00 bits per heavy atom. The summed E-state index contributed by atoms with van der Waals surface area (Å²) in [6.45, 7) is 4.48. The number of rotatable bonds is 5. The number of carbonyl (C=O) groups is 1. The van der Waals surface area contributed by atoms with Gasteiger partial charge in [-0.25, -0.2) is 4.98 Å². The van der Waals surface area contributed by atoms with E-state index in [0.29, 0.717) is 31.1 Å². The van der Waals surface area contributed by atoms with Crippen molar-refractivity contribution in [2.45, 2.75) is 44.4 Å². The topological polar surface area (TPSA) is 96.6 Å². The Morgan fingerprint density at radius 1 is 1.48 bits per heavy atom. The van der Waals surface area contributed by atoms with Gasteiger partial charge in [-0.1, -0.05) is 6.92 Å². The van der Waals surface area contributed by atoms with Gasteiger partial charge < -0.3 is 20.7 Å². The van der Waals surface area contributed by atoms with Crippen LogP contribution in [0.2, 0.25) is 0 Å². The summed E-state index contributed by atoms with van der Waals surface area (Å²) in [7, 11) is 3.56. The van der Waals surface area contributed by atoms with Crippen molar-refractivity contribution < 1.29 is 9.53 Å². The average Bonchev–Trinajstić information content (AvgIpc) is 2.96. The van der Waals surface area contributed by atoms with Crippen molar-refractivity contribution in [1.82, 2.24) is 19.8 Å². The molecule has 2 aliphatic heterocycles. The standard InChI is InChI=1S/C17H28N6O2/c1-4-11-7-19-17(18)21-16(11)20-12-5-13-10-25-14(9-23(13)8-12)6-15(24)22(2)3/h7,12-14H,4-6,8-10H2,1-3H3,(H3,18,19,20,21)/t12-,13+,14+/m1/s1. The van der Waals surface area contributed by atoms with E-state index >= 15 is 0 Å². The number of fused-ring (bicyclic) bond motifs is 1. The quantitative estimate of drug-likeness (QED) is 0.793. The Kier molecular flexibility index (Phi) is 5.39. The highest BCUT2D eigenvalue weighted by Gasteiger charge is 2.38. The van der Waals surface area contributed by atoms with E-state index in [9.17, 15) is 4.79 Å². The number of hydrogen-bond acceptors (Lipinski definition) is 7. The maximum Gasteiger partial charge on any atom is 0.224 e. The first-order valence-electron chi connectivity index (χ1n) is 8.90. The van der Waals surface area contributed by atoms with Crippen molar-refractivity contribution in [3.63, 3.8) is 0 Å². The van der Waals surface area contributed by atoms with Crippen LogP contribution < -0.4 is 11.1 Å². The predicted molar refractivity (Wildman–Crippen MR) is 96.3 cm³/mol. The minimum atomic E-state index is -0.0224. The number of nitrogens with two attached hydrogens (primary N) is 1. The van der Waals surface area contributed by atoms with Crippen molar-refractivity contribution in [3.8, 4) is 0 Å². The number of nitrogens with one attached hydrogen (secondary N) is 1. The van der Waals surface area contributed by atoms with Gasteiger partial charge in [0, 0.05) is 51.0 Å². The van der Waals surface area contributed by atoms with Gasteiger partial charge in [0.05, 0.1) is 19.1 Å². The van der Waals surface area contributed by atoms with Crippen LogP contribution in [0.3, 0.4) is 0 Å². The van der Waals surface area contributed by atoms with Crippen LogP contribution in [-0.4, -0.2) is 77.7 Å². The second-order valence-electron chi connectivity index (χ2n) is 7.09. The van der Waals surface area contributed by atoms with Crippen LogP contribution in [0, 0.1) is 0 Å². The van der Waals surface area contributed by atoms with E-state index in [0.717, 1.165) is 37.3 Å². The molecule has 3 heterocycles. The van der Waals surface area contributed by atoms with E-state index in [1.165, 1.54) is 0 Å². The Labute approximate surface area is 148 Å². The minimum absolute atomic E-state index is 0.0224. The third kappa shape index (κ3) is 4.19. The molecule has 3 atom stereocenters. The summed E-state index contributed by atoms with van der Waals surface area (Å²) in [6.07, 6.45) is 4.07. The molecule has 25 heavy (non-hydrogen) atoms. The SMILES string of the molecule is CCc1cnc(N)nc1N[C@@H]1C[C@H]2CO[C@@H](CC(=O)N(C)C)CN2C1. The van der Waals surface area contributed by atoms with Crippen molar-refractivity contribution >= 4 is 17.7 Å². The van der Waals surface area contributed by atoms with E-state index in [1.807, 2.05) is 0 Å². The molecule has 1 amide bonds. The zero-order valence-corrected chi connectivity index (χ0v) is 15.2. The lowest BCUT2D eigenvalue weighted by Gasteiger charge is -2.35. The second kappa shape index (κ2) is 7.53.